The monoisotopic (exact) mass is 229 g/mol. The molecule has 0 heterocycles. The van der Waals surface area contributed by atoms with Gasteiger partial charge in [-0.05, 0) is 31.6 Å². The van der Waals surface area contributed by atoms with Gasteiger partial charge >= 0.3 is 0 Å². The van der Waals surface area contributed by atoms with Crippen LogP contribution in [0.4, 0.5) is 0 Å². The number of carbonyl (C=O) groups excluding carboxylic acids is 1. The number of alkyl halides is 1. The Kier molecular flexibility index (Phi) is 3.90. The van der Waals surface area contributed by atoms with Gasteiger partial charge in [0.2, 0.25) is 5.91 Å². The molecule has 1 amide bonds. The second-order valence-corrected chi connectivity index (χ2v) is 5.25. The normalized spacial score (nSPS) is 32.1. The van der Waals surface area contributed by atoms with Crippen molar-refractivity contribution in [1.82, 2.24) is 5.32 Å². The zero-order chi connectivity index (χ0) is 10.7. The topological polar surface area (TPSA) is 29.1 Å². The Morgan fingerprint density at radius 3 is 2.47 bits per heavy atom. The molecule has 0 aliphatic heterocycles. The number of hydrogen-bond acceptors (Lipinski definition) is 1. The van der Waals surface area contributed by atoms with Crippen LogP contribution in [-0.4, -0.2) is 17.8 Å². The zero-order valence-corrected chi connectivity index (χ0v) is 9.93. The predicted molar refractivity (Wildman–Crippen MR) is 61.9 cm³/mol. The van der Waals surface area contributed by atoms with Crippen LogP contribution in [0, 0.1) is 11.8 Å². The van der Waals surface area contributed by atoms with E-state index in [-0.39, 0.29) is 5.91 Å². The summed E-state index contributed by atoms with van der Waals surface area (Å²) < 4.78 is 0. The van der Waals surface area contributed by atoms with Crippen molar-refractivity contribution in [1.29, 1.82) is 0 Å². The van der Waals surface area contributed by atoms with Crippen molar-refractivity contribution < 1.29 is 4.79 Å². The van der Waals surface area contributed by atoms with E-state index in [1.165, 1.54) is 25.7 Å². The van der Waals surface area contributed by atoms with Gasteiger partial charge in [-0.1, -0.05) is 19.3 Å². The van der Waals surface area contributed by atoms with Gasteiger partial charge in [-0.25, -0.2) is 0 Å². The third-order valence-corrected chi connectivity index (χ3v) is 4.31. The molecule has 0 saturated heterocycles. The summed E-state index contributed by atoms with van der Waals surface area (Å²) in [6.07, 6.45) is 8.21. The van der Waals surface area contributed by atoms with Gasteiger partial charge < -0.3 is 5.32 Å². The van der Waals surface area contributed by atoms with Crippen LogP contribution in [0.5, 0.6) is 0 Å². The maximum absolute atomic E-state index is 11.8. The molecule has 2 atom stereocenters. The molecule has 15 heavy (non-hydrogen) atoms. The fraction of sp³-hybridized carbons (Fsp3) is 0.917. The van der Waals surface area contributed by atoms with Crippen LogP contribution in [-0.2, 0) is 4.79 Å². The summed E-state index contributed by atoms with van der Waals surface area (Å²) in [5.41, 5.74) is 0. The molecule has 2 fully saturated rings. The van der Waals surface area contributed by atoms with E-state index in [9.17, 15) is 4.79 Å². The fourth-order valence-corrected chi connectivity index (χ4v) is 2.92. The molecule has 0 aromatic carbocycles. The number of halogens is 1. The molecule has 3 heteroatoms. The molecule has 2 rings (SSSR count). The van der Waals surface area contributed by atoms with Gasteiger partial charge in [-0.3, -0.25) is 4.79 Å². The first kappa shape index (κ1) is 11.3. The van der Waals surface area contributed by atoms with Crippen molar-refractivity contribution in [2.24, 2.45) is 11.8 Å². The minimum atomic E-state index is 0.281. The Balaban J connectivity index is 1.82. The number of amides is 1. The van der Waals surface area contributed by atoms with Crippen molar-refractivity contribution in [3.63, 3.8) is 0 Å². The van der Waals surface area contributed by atoms with E-state index in [2.05, 4.69) is 5.32 Å². The smallest absolute Gasteiger partial charge is 0.223 e. The maximum atomic E-state index is 11.8. The molecule has 0 bridgehead atoms. The Bertz CT molecular complexity index is 228. The minimum absolute atomic E-state index is 0.281. The third-order valence-electron chi connectivity index (χ3n) is 3.91. The lowest BCUT2D eigenvalue weighted by molar-refractivity contribution is -0.128. The lowest BCUT2D eigenvalue weighted by Gasteiger charge is -2.33. The van der Waals surface area contributed by atoms with Crippen LogP contribution >= 0.6 is 11.6 Å². The van der Waals surface area contributed by atoms with Crippen LogP contribution < -0.4 is 5.32 Å². The average Bonchev–Trinajstić information content (AvgIpc) is 2.15. The summed E-state index contributed by atoms with van der Waals surface area (Å²) in [5.74, 6) is 1.78. The standard InChI is InChI=1S/C12H20ClNO/c13-8-10-4-1-2-7-11(10)14-12(15)9-5-3-6-9/h9-11H,1-8H2,(H,14,15). The summed E-state index contributed by atoms with van der Waals surface area (Å²) in [4.78, 5) is 11.8. The van der Waals surface area contributed by atoms with Crippen molar-refractivity contribution in [2.45, 2.75) is 51.0 Å². The summed E-state index contributed by atoms with van der Waals surface area (Å²) in [6, 6.07) is 0.351. The lowest BCUT2D eigenvalue weighted by Crippen LogP contribution is -2.46. The maximum Gasteiger partial charge on any atom is 0.223 e. The Morgan fingerprint density at radius 2 is 1.87 bits per heavy atom. The predicted octanol–water partition coefficient (Wildman–Crippen LogP) is 2.70. The molecule has 2 aliphatic rings. The summed E-state index contributed by atoms with van der Waals surface area (Å²) in [5, 5.41) is 3.20. The van der Waals surface area contributed by atoms with Crippen LogP contribution in [0.25, 0.3) is 0 Å². The molecular formula is C12H20ClNO. The third kappa shape index (κ3) is 2.66. The molecule has 86 valence electrons. The average molecular weight is 230 g/mol. The van der Waals surface area contributed by atoms with Crippen molar-refractivity contribution in [2.75, 3.05) is 5.88 Å². The molecule has 2 saturated carbocycles. The van der Waals surface area contributed by atoms with Crippen LogP contribution in [0.1, 0.15) is 44.9 Å². The molecule has 2 nitrogen and oxygen atoms in total. The molecule has 2 aliphatic carbocycles. The highest BCUT2D eigenvalue weighted by Gasteiger charge is 2.30. The number of carbonyl (C=O) groups is 1. The van der Waals surface area contributed by atoms with Gasteiger partial charge in [0.25, 0.3) is 0 Å². The molecule has 2 unspecified atom stereocenters. The van der Waals surface area contributed by atoms with Crippen molar-refractivity contribution in [3.8, 4) is 0 Å². The minimum Gasteiger partial charge on any atom is -0.353 e. The fourth-order valence-electron chi connectivity index (χ4n) is 2.55. The Labute approximate surface area is 96.8 Å². The Hall–Kier alpha value is -0.240. The lowest BCUT2D eigenvalue weighted by atomic mass is 9.82. The second kappa shape index (κ2) is 5.20. The molecule has 1 N–H and O–H groups in total. The van der Waals surface area contributed by atoms with E-state index in [1.807, 2.05) is 0 Å². The number of nitrogens with one attached hydrogen (secondary N) is 1. The number of rotatable bonds is 3. The Morgan fingerprint density at radius 1 is 1.13 bits per heavy atom. The second-order valence-electron chi connectivity index (χ2n) is 4.94. The van der Waals surface area contributed by atoms with Gasteiger partial charge in [0.05, 0.1) is 0 Å². The van der Waals surface area contributed by atoms with E-state index in [0.29, 0.717) is 23.8 Å². The molecular weight excluding hydrogens is 210 g/mol. The van der Waals surface area contributed by atoms with Gasteiger partial charge in [-0.15, -0.1) is 11.6 Å². The first-order valence-corrected chi connectivity index (χ1v) is 6.71. The van der Waals surface area contributed by atoms with Crippen LogP contribution in [0.2, 0.25) is 0 Å². The summed E-state index contributed by atoms with van der Waals surface area (Å²) in [7, 11) is 0. The van der Waals surface area contributed by atoms with Gasteiger partial charge in [-0.2, -0.15) is 0 Å². The van der Waals surface area contributed by atoms with Gasteiger partial charge in [0.1, 0.15) is 0 Å². The quantitative estimate of drug-likeness (QED) is 0.741. The van der Waals surface area contributed by atoms with E-state index in [0.717, 1.165) is 19.3 Å². The van der Waals surface area contributed by atoms with Gasteiger partial charge in [0.15, 0.2) is 0 Å². The highest BCUT2D eigenvalue weighted by Crippen LogP contribution is 2.29. The first-order valence-electron chi connectivity index (χ1n) is 6.17. The number of hydrogen-bond donors (Lipinski definition) is 1. The summed E-state index contributed by atoms with van der Waals surface area (Å²) in [6.45, 7) is 0. The first-order chi connectivity index (χ1) is 7.31. The molecule has 0 radical (unpaired) electrons. The highest BCUT2D eigenvalue weighted by atomic mass is 35.5. The molecule has 0 aromatic rings. The van der Waals surface area contributed by atoms with Crippen LogP contribution in [0.3, 0.4) is 0 Å². The SMILES string of the molecule is O=C(NC1CCCCC1CCl)C1CCC1. The van der Waals surface area contributed by atoms with Crippen molar-refractivity contribution in [3.05, 3.63) is 0 Å². The zero-order valence-electron chi connectivity index (χ0n) is 9.18. The molecule has 0 spiro atoms. The largest absolute Gasteiger partial charge is 0.353 e. The van der Waals surface area contributed by atoms with Gasteiger partial charge in [0, 0.05) is 17.8 Å². The highest BCUT2D eigenvalue weighted by molar-refractivity contribution is 6.18. The summed E-state index contributed by atoms with van der Waals surface area (Å²) >= 11 is 5.93. The van der Waals surface area contributed by atoms with E-state index in [1.54, 1.807) is 0 Å². The van der Waals surface area contributed by atoms with Crippen molar-refractivity contribution >= 4 is 17.5 Å². The van der Waals surface area contributed by atoms with E-state index >= 15 is 0 Å². The van der Waals surface area contributed by atoms with Crippen LogP contribution in [0.15, 0.2) is 0 Å². The van der Waals surface area contributed by atoms with E-state index in [4.69, 9.17) is 11.6 Å². The molecule has 0 aromatic heterocycles. The van der Waals surface area contributed by atoms with E-state index < -0.39 is 0 Å².